The number of rotatable bonds is 1. The van der Waals surface area contributed by atoms with Gasteiger partial charge < -0.3 is 5.73 Å². The van der Waals surface area contributed by atoms with Gasteiger partial charge in [0.05, 0.1) is 0 Å². The summed E-state index contributed by atoms with van der Waals surface area (Å²) < 4.78 is 0. The second-order valence-electron chi connectivity index (χ2n) is 1.39. The maximum atomic E-state index is 9.48. The van der Waals surface area contributed by atoms with Crippen LogP contribution >= 0.6 is 0 Å². The van der Waals surface area contributed by atoms with Gasteiger partial charge in [-0.05, 0) is 6.07 Å². The van der Waals surface area contributed by atoms with Crippen LogP contribution in [-0.4, -0.2) is 22.6 Å². The number of nitrogens with zero attached hydrogens (tertiary/aromatic N) is 1. The summed E-state index contributed by atoms with van der Waals surface area (Å²) in [5.41, 5.74) is 4.42. The minimum absolute atomic E-state index is 0.225. The molecule has 4 N–H and O–H groups in total. The van der Waals surface area contributed by atoms with Crippen molar-refractivity contribution in [2.45, 2.75) is 0 Å². The number of aromatic nitrogens is 2. The molecule has 1 aromatic rings. The van der Waals surface area contributed by atoms with Crippen LogP contribution in [0, 0.1) is 0 Å². The largest absolute Gasteiger partial charge is 0.351 e. The van der Waals surface area contributed by atoms with Crippen LogP contribution in [0.15, 0.2) is 18.5 Å². The first-order valence-electron chi connectivity index (χ1n) is 2.70. The van der Waals surface area contributed by atoms with E-state index in [9.17, 15) is 9.59 Å². The Kier molecular flexibility index (Phi) is 5.22. The number of carbonyl (C=O) groups is 2. The summed E-state index contributed by atoms with van der Waals surface area (Å²) in [5.74, 6) is 0. The molecule has 0 radical (unpaired) electrons. The van der Waals surface area contributed by atoms with Gasteiger partial charge in [0.15, 0.2) is 0 Å². The fourth-order valence-corrected chi connectivity index (χ4v) is 0.273. The van der Waals surface area contributed by atoms with E-state index in [0.717, 1.165) is 0 Å². The molecule has 6 heteroatoms. The minimum Gasteiger partial charge on any atom is -0.351 e. The van der Waals surface area contributed by atoms with Gasteiger partial charge in [0.1, 0.15) is 0 Å². The second-order valence-corrected chi connectivity index (χ2v) is 1.39. The number of hydrogen-bond acceptors (Lipinski definition) is 3. The maximum absolute atomic E-state index is 9.48. The van der Waals surface area contributed by atoms with Crippen LogP contribution in [0.3, 0.4) is 0 Å². The molecule has 0 aliphatic carbocycles. The van der Waals surface area contributed by atoms with E-state index >= 15 is 0 Å². The van der Waals surface area contributed by atoms with Crippen molar-refractivity contribution in [2.75, 3.05) is 0 Å². The van der Waals surface area contributed by atoms with Gasteiger partial charge in [0.25, 0.3) is 0 Å². The van der Waals surface area contributed by atoms with Crippen molar-refractivity contribution >= 4 is 12.4 Å². The number of hydrogen-bond donors (Lipinski definition) is 3. The Labute approximate surface area is 62.8 Å². The lowest BCUT2D eigenvalue weighted by molar-refractivity contribution is -0.108. The third-order valence-corrected chi connectivity index (χ3v) is 0.607. The number of imide groups is 1. The zero-order valence-corrected chi connectivity index (χ0v) is 5.65. The minimum atomic E-state index is -0.829. The molecule has 1 rings (SSSR count). The highest BCUT2D eigenvalue weighted by atomic mass is 16.2. The highest BCUT2D eigenvalue weighted by molar-refractivity contribution is 5.82. The van der Waals surface area contributed by atoms with Crippen LogP contribution in [0.5, 0.6) is 0 Å². The summed E-state index contributed by atoms with van der Waals surface area (Å²) in [5, 5.41) is 7.88. The molecule has 1 aromatic heterocycles. The number of nitrogens with two attached hydrogens (primary N) is 1. The van der Waals surface area contributed by atoms with Gasteiger partial charge in [-0.1, -0.05) is 0 Å². The monoisotopic (exact) mass is 156 g/mol. The van der Waals surface area contributed by atoms with Crippen LogP contribution in [-0.2, 0) is 4.79 Å². The van der Waals surface area contributed by atoms with Crippen LogP contribution in [0.2, 0.25) is 0 Å². The molecular weight excluding hydrogens is 148 g/mol. The van der Waals surface area contributed by atoms with Gasteiger partial charge in [0.2, 0.25) is 6.41 Å². The molecule has 0 saturated heterocycles. The lowest BCUT2D eigenvalue weighted by Crippen LogP contribution is -2.27. The van der Waals surface area contributed by atoms with Gasteiger partial charge in [-0.2, -0.15) is 5.10 Å². The Morgan fingerprint density at radius 1 is 1.73 bits per heavy atom. The topological polar surface area (TPSA) is 101 Å². The molecule has 3 amide bonds. The molecule has 60 valence electrons. The van der Waals surface area contributed by atoms with Crippen LogP contribution in [0.4, 0.5) is 4.79 Å². The third-order valence-electron chi connectivity index (χ3n) is 0.607. The van der Waals surface area contributed by atoms with Crippen molar-refractivity contribution in [3.05, 3.63) is 18.5 Å². The van der Waals surface area contributed by atoms with Gasteiger partial charge >= 0.3 is 6.03 Å². The van der Waals surface area contributed by atoms with Gasteiger partial charge in [-0.15, -0.1) is 0 Å². The van der Waals surface area contributed by atoms with Crippen molar-refractivity contribution < 1.29 is 9.59 Å². The summed E-state index contributed by atoms with van der Waals surface area (Å²) in [6, 6.07) is 1.00. The molecule has 0 saturated carbocycles. The van der Waals surface area contributed by atoms with Crippen LogP contribution < -0.4 is 11.1 Å². The number of H-pyrrole nitrogens is 1. The Morgan fingerprint density at radius 2 is 2.45 bits per heavy atom. The van der Waals surface area contributed by atoms with E-state index in [1.165, 1.54) is 0 Å². The number of nitrogens with one attached hydrogen (secondary N) is 2. The highest BCUT2D eigenvalue weighted by Gasteiger charge is 1.79. The SMILES string of the molecule is NC(=O)NC=O.c1cn[nH]c1. The van der Waals surface area contributed by atoms with E-state index in [1.54, 1.807) is 17.7 Å². The molecule has 0 aromatic carbocycles. The smallest absolute Gasteiger partial charge is 0.318 e. The molecular formula is C5H8N4O2. The van der Waals surface area contributed by atoms with E-state index in [1.807, 2.05) is 6.07 Å². The molecule has 0 fully saturated rings. The first kappa shape index (κ1) is 9.15. The predicted molar refractivity (Wildman–Crippen MR) is 37.4 cm³/mol. The number of aromatic amines is 1. The summed E-state index contributed by atoms with van der Waals surface area (Å²) >= 11 is 0. The van der Waals surface area contributed by atoms with Crippen molar-refractivity contribution in [3.63, 3.8) is 0 Å². The van der Waals surface area contributed by atoms with Gasteiger partial charge in [-0.25, -0.2) is 4.79 Å². The average molecular weight is 156 g/mol. The maximum Gasteiger partial charge on any atom is 0.318 e. The standard InChI is InChI=1S/C3H4N2.C2H4N2O2/c1-2-4-5-3-1;3-2(6)4-1-5/h1-3H,(H,4,5);1H,(H3,3,4,5,6). The van der Waals surface area contributed by atoms with Crippen LogP contribution in [0.1, 0.15) is 0 Å². The Balaban J connectivity index is 0.000000183. The number of primary amides is 1. The van der Waals surface area contributed by atoms with Crippen molar-refractivity contribution in [1.29, 1.82) is 0 Å². The van der Waals surface area contributed by atoms with Crippen molar-refractivity contribution in [1.82, 2.24) is 15.5 Å². The van der Waals surface area contributed by atoms with E-state index in [4.69, 9.17) is 0 Å². The van der Waals surface area contributed by atoms with E-state index in [2.05, 4.69) is 15.9 Å². The second kappa shape index (κ2) is 6.27. The van der Waals surface area contributed by atoms with E-state index in [-0.39, 0.29) is 6.41 Å². The average Bonchev–Trinajstić information content (AvgIpc) is 2.41. The fourth-order valence-electron chi connectivity index (χ4n) is 0.273. The molecule has 6 nitrogen and oxygen atoms in total. The summed E-state index contributed by atoms with van der Waals surface area (Å²) in [7, 11) is 0. The molecule has 0 aliphatic rings. The number of amides is 3. The third kappa shape index (κ3) is 8.15. The zero-order chi connectivity index (χ0) is 8.53. The Hall–Kier alpha value is -1.85. The van der Waals surface area contributed by atoms with Crippen molar-refractivity contribution in [2.24, 2.45) is 5.73 Å². The zero-order valence-electron chi connectivity index (χ0n) is 5.65. The van der Waals surface area contributed by atoms with Gasteiger partial charge in [0, 0.05) is 12.4 Å². The number of carbonyl (C=O) groups excluding carboxylic acids is 2. The van der Waals surface area contributed by atoms with E-state index < -0.39 is 6.03 Å². The highest BCUT2D eigenvalue weighted by Crippen LogP contribution is 1.64. The van der Waals surface area contributed by atoms with Gasteiger partial charge in [-0.3, -0.25) is 15.2 Å². The van der Waals surface area contributed by atoms with E-state index in [0.29, 0.717) is 0 Å². The molecule has 0 unspecified atom stereocenters. The lowest BCUT2D eigenvalue weighted by atomic mass is 10.8. The summed E-state index contributed by atoms with van der Waals surface area (Å²) in [6.45, 7) is 0. The first-order chi connectivity index (χ1) is 5.27. The predicted octanol–water partition coefficient (Wildman–Crippen LogP) is -0.779. The molecule has 11 heavy (non-hydrogen) atoms. The summed E-state index contributed by atoms with van der Waals surface area (Å²) in [4.78, 5) is 18.7. The summed E-state index contributed by atoms with van der Waals surface area (Å²) in [6.07, 6.45) is 3.68. The number of urea groups is 1. The molecule has 0 aliphatic heterocycles. The molecule has 0 atom stereocenters. The van der Waals surface area contributed by atoms with Crippen molar-refractivity contribution in [3.8, 4) is 0 Å². The Bertz CT molecular complexity index is 179. The first-order valence-corrected chi connectivity index (χ1v) is 2.70. The lowest BCUT2D eigenvalue weighted by Gasteiger charge is -1.79. The molecule has 0 bridgehead atoms. The normalized spacial score (nSPS) is 7.27. The molecule has 0 spiro atoms. The quantitative estimate of drug-likeness (QED) is 0.465. The fraction of sp³-hybridized carbons (Fsp3) is 0. The molecule has 1 heterocycles. The Morgan fingerprint density at radius 3 is 2.55 bits per heavy atom. The van der Waals surface area contributed by atoms with Crippen LogP contribution in [0.25, 0.3) is 0 Å².